The van der Waals surface area contributed by atoms with Gasteiger partial charge in [-0.25, -0.2) is 15.1 Å². The molecule has 0 aliphatic carbocycles. The molecule has 0 radical (unpaired) electrons. The summed E-state index contributed by atoms with van der Waals surface area (Å²) in [5.74, 6) is -0.235. The Hall–Kier alpha value is -3.10. The molecule has 0 aliphatic rings. The van der Waals surface area contributed by atoms with E-state index in [9.17, 15) is 9.18 Å². The maximum Gasteiger partial charge on any atom is 0.284 e. The summed E-state index contributed by atoms with van der Waals surface area (Å²) >= 11 is 0. The number of aryl methyl sites for hydroxylation is 5. The lowest BCUT2D eigenvalue weighted by Gasteiger charge is -2.13. The summed E-state index contributed by atoms with van der Waals surface area (Å²) in [6.45, 7) is 7.88. The van der Waals surface area contributed by atoms with Crippen LogP contribution in [0.15, 0.2) is 16.0 Å². The van der Waals surface area contributed by atoms with Gasteiger partial charge in [-0.05, 0) is 39.3 Å². The molecule has 3 rings (SSSR count). The molecule has 3 heterocycles. The highest BCUT2D eigenvalue weighted by Crippen LogP contribution is 2.17. The molecular formula is C17H20FN7O. The van der Waals surface area contributed by atoms with Crippen LogP contribution >= 0.6 is 0 Å². The van der Waals surface area contributed by atoms with Crippen LogP contribution in [0.4, 0.5) is 10.3 Å². The lowest BCUT2D eigenvalue weighted by atomic mass is 10.2. The first kappa shape index (κ1) is 17.7. The van der Waals surface area contributed by atoms with Crippen LogP contribution in [-0.4, -0.2) is 30.5 Å². The predicted molar refractivity (Wildman–Crippen MR) is 98.1 cm³/mol. The summed E-state index contributed by atoms with van der Waals surface area (Å²) < 4.78 is 16.9. The maximum atomic E-state index is 14.0. The first-order valence-corrected chi connectivity index (χ1v) is 8.20. The number of nitrogens with one attached hydrogen (secondary N) is 1. The Morgan fingerprint density at radius 1 is 1.31 bits per heavy atom. The molecule has 0 bridgehead atoms. The van der Waals surface area contributed by atoms with Crippen molar-refractivity contribution in [3.8, 4) is 0 Å². The van der Waals surface area contributed by atoms with Crippen LogP contribution in [0, 0.1) is 26.7 Å². The third kappa shape index (κ3) is 2.96. The number of pyridine rings is 1. The number of halogens is 1. The molecule has 9 heteroatoms. The maximum absolute atomic E-state index is 14.0. The van der Waals surface area contributed by atoms with Gasteiger partial charge in [0, 0.05) is 19.3 Å². The summed E-state index contributed by atoms with van der Waals surface area (Å²) in [6.07, 6.45) is 1.32. The van der Waals surface area contributed by atoms with Crippen LogP contribution in [0.2, 0.25) is 0 Å². The van der Waals surface area contributed by atoms with E-state index in [1.165, 1.54) is 13.3 Å². The van der Waals surface area contributed by atoms with Gasteiger partial charge < -0.3 is 0 Å². The third-order valence-corrected chi connectivity index (χ3v) is 4.13. The van der Waals surface area contributed by atoms with Gasteiger partial charge in [-0.15, -0.1) is 0 Å². The van der Waals surface area contributed by atoms with Crippen LogP contribution in [0.5, 0.6) is 0 Å². The minimum Gasteiger partial charge on any atom is -0.295 e. The smallest absolute Gasteiger partial charge is 0.284 e. The van der Waals surface area contributed by atoms with Gasteiger partial charge in [0.2, 0.25) is 11.9 Å². The molecule has 0 saturated carbocycles. The van der Waals surface area contributed by atoms with Gasteiger partial charge in [-0.3, -0.25) is 9.36 Å². The fourth-order valence-electron chi connectivity index (χ4n) is 2.92. The zero-order chi connectivity index (χ0) is 19.0. The number of fused-ring (bicyclic) bond motifs is 1. The van der Waals surface area contributed by atoms with Gasteiger partial charge >= 0.3 is 0 Å². The highest BCUT2D eigenvalue weighted by molar-refractivity contribution is 5.82. The van der Waals surface area contributed by atoms with Crippen molar-refractivity contribution in [2.75, 3.05) is 5.43 Å². The Labute approximate surface area is 149 Å². The Bertz CT molecular complexity index is 1080. The zero-order valence-corrected chi connectivity index (χ0v) is 15.3. The largest absolute Gasteiger partial charge is 0.295 e. The van der Waals surface area contributed by atoms with E-state index in [1.54, 1.807) is 11.5 Å². The lowest BCUT2D eigenvalue weighted by molar-refractivity contribution is 0.502. The van der Waals surface area contributed by atoms with Gasteiger partial charge in [-0.2, -0.15) is 19.6 Å². The second-order valence-electron chi connectivity index (χ2n) is 6.05. The number of hydrazone groups is 1. The summed E-state index contributed by atoms with van der Waals surface area (Å²) in [6, 6.07) is 1.85. The molecule has 0 atom stereocenters. The number of rotatable bonds is 4. The number of aromatic nitrogens is 5. The number of hydrogen-bond donors (Lipinski definition) is 1. The monoisotopic (exact) mass is 357 g/mol. The topological polar surface area (TPSA) is 90.0 Å². The normalized spacial score (nSPS) is 11.6. The Kier molecular flexibility index (Phi) is 4.54. The van der Waals surface area contributed by atoms with E-state index in [0.717, 1.165) is 15.9 Å². The SMILES string of the molecule is CCn1c(N/N=C/c2c(C)nn(C)c2F)nc(=O)c2c(C)cc(C)nc21. The van der Waals surface area contributed by atoms with E-state index in [0.29, 0.717) is 23.3 Å². The van der Waals surface area contributed by atoms with Crippen LogP contribution in [0.3, 0.4) is 0 Å². The first-order valence-electron chi connectivity index (χ1n) is 8.20. The van der Waals surface area contributed by atoms with E-state index in [2.05, 4.69) is 25.6 Å². The van der Waals surface area contributed by atoms with Crippen molar-refractivity contribution in [1.82, 2.24) is 24.3 Å². The average Bonchev–Trinajstić information content (AvgIpc) is 2.80. The quantitative estimate of drug-likeness (QED) is 0.570. The van der Waals surface area contributed by atoms with E-state index < -0.39 is 5.95 Å². The number of hydrogen-bond acceptors (Lipinski definition) is 6. The van der Waals surface area contributed by atoms with Crippen molar-refractivity contribution in [3.05, 3.63) is 44.9 Å². The molecule has 3 aromatic rings. The minimum atomic E-state index is -0.486. The molecule has 136 valence electrons. The van der Waals surface area contributed by atoms with Gasteiger partial charge in [0.25, 0.3) is 5.56 Å². The number of nitrogens with zero attached hydrogens (tertiary/aromatic N) is 6. The van der Waals surface area contributed by atoms with Crippen molar-refractivity contribution in [2.45, 2.75) is 34.2 Å². The second-order valence-corrected chi connectivity index (χ2v) is 6.05. The predicted octanol–water partition coefficient (Wildman–Crippen LogP) is 2.06. The summed E-state index contributed by atoms with van der Waals surface area (Å²) in [5, 5.41) is 8.50. The van der Waals surface area contributed by atoms with E-state index in [4.69, 9.17) is 0 Å². The lowest BCUT2D eigenvalue weighted by Crippen LogP contribution is -2.19. The standard InChI is InChI=1S/C17H20FN7O/c1-6-25-15-13(9(2)7-10(3)20-15)16(26)21-17(25)22-19-8-12-11(4)23-24(5)14(12)18/h7-8H,6H2,1-5H3,(H,21,22,26)/b19-8+. The summed E-state index contributed by atoms with van der Waals surface area (Å²) in [5.41, 5.74) is 5.32. The molecule has 3 aromatic heterocycles. The molecule has 0 aromatic carbocycles. The average molecular weight is 357 g/mol. The van der Waals surface area contributed by atoms with Gasteiger partial charge in [0.15, 0.2) is 0 Å². The number of anilines is 1. The highest BCUT2D eigenvalue weighted by Gasteiger charge is 2.14. The van der Waals surface area contributed by atoms with Crippen molar-refractivity contribution in [1.29, 1.82) is 0 Å². The molecule has 1 N–H and O–H groups in total. The van der Waals surface area contributed by atoms with Gasteiger partial charge in [-0.1, -0.05) is 0 Å². The fourth-order valence-corrected chi connectivity index (χ4v) is 2.92. The fraction of sp³-hybridized carbons (Fsp3) is 0.353. The van der Waals surface area contributed by atoms with E-state index in [-0.39, 0.29) is 17.1 Å². The molecule has 0 unspecified atom stereocenters. The Balaban J connectivity index is 2.05. The van der Waals surface area contributed by atoms with Crippen LogP contribution < -0.4 is 11.0 Å². The Morgan fingerprint density at radius 2 is 2.04 bits per heavy atom. The van der Waals surface area contributed by atoms with Crippen LogP contribution in [-0.2, 0) is 13.6 Å². The van der Waals surface area contributed by atoms with Crippen molar-refractivity contribution in [2.24, 2.45) is 12.1 Å². The molecule has 8 nitrogen and oxygen atoms in total. The van der Waals surface area contributed by atoms with Crippen molar-refractivity contribution >= 4 is 23.2 Å². The molecule has 0 aliphatic heterocycles. The summed E-state index contributed by atoms with van der Waals surface area (Å²) in [4.78, 5) is 21.0. The van der Waals surface area contributed by atoms with Crippen molar-refractivity contribution in [3.63, 3.8) is 0 Å². The van der Waals surface area contributed by atoms with E-state index >= 15 is 0 Å². The molecule has 0 fully saturated rings. The van der Waals surface area contributed by atoms with Gasteiger partial charge in [0.1, 0.15) is 5.65 Å². The zero-order valence-electron chi connectivity index (χ0n) is 15.3. The molecule has 26 heavy (non-hydrogen) atoms. The molecule has 0 spiro atoms. The van der Waals surface area contributed by atoms with Gasteiger partial charge in [0.05, 0.1) is 22.9 Å². The molecule has 0 saturated heterocycles. The first-order chi connectivity index (χ1) is 12.3. The second kappa shape index (κ2) is 6.66. The highest BCUT2D eigenvalue weighted by atomic mass is 19.1. The van der Waals surface area contributed by atoms with Crippen LogP contribution in [0.25, 0.3) is 11.0 Å². The Morgan fingerprint density at radius 3 is 2.65 bits per heavy atom. The minimum absolute atomic E-state index is 0.251. The molecule has 0 amide bonds. The summed E-state index contributed by atoms with van der Waals surface area (Å²) in [7, 11) is 1.52. The third-order valence-electron chi connectivity index (χ3n) is 4.13. The van der Waals surface area contributed by atoms with Crippen molar-refractivity contribution < 1.29 is 4.39 Å². The van der Waals surface area contributed by atoms with Crippen LogP contribution in [0.1, 0.15) is 29.4 Å². The molecular weight excluding hydrogens is 337 g/mol. The van der Waals surface area contributed by atoms with E-state index in [1.807, 2.05) is 26.8 Å².